The molecule has 0 radical (unpaired) electrons. The van der Waals surface area contributed by atoms with E-state index in [0.29, 0.717) is 37.8 Å². The van der Waals surface area contributed by atoms with Crippen LogP contribution in [0.25, 0.3) is 0 Å². The number of carbonyl (C=O) groups is 2. The highest BCUT2D eigenvalue weighted by atomic mass is 16.2. The van der Waals surface area contributed by atoms with Crippen LogP contribution < -0.4 is 5.32 Å². The van der Waals surface area contributed by atoms with Gasteiger partial charge in [-0.1, -0.05) is 12.1 Å². The van der Waals surface area contributed by atoms with E-state index in [4.69, 9.17) is 0 Å². The summed E-state index contributed by atoms with van der Waals surface area (Å²) in [6.07, 6.45) is 1.58. The summed E-state index contributed by atoms with van der Waals surface area (Å²) >= 11 is 0. The number of hydrogen-bond donors (Lipinski definition) is 1. The number of rotatable bonds is 3. The molecule has 1 aliphatic heterocycles. The molecule has 0 saturated carbocycles. The molecule has 136 valence electrons. The third kappa shape index (κ3) is 3.82. The van der Waals surface area contributed by atoms with Gasteiger partial charge in [-0.25, -0.2) is 9.97 Å². The maximum Gasteiger partial charge on any atom is 0.272 e. The standard InChI is InChI=1S/C19H23N5O2/c1-13-5-4-6-16(14(13)2)21-19-20-8-7-17(22-19)18(26)24-11-9-23(10-12-24)15(3)25/h4-8H,9-12H2,1-3H3,(H,20,21,22). The summed E-state index contributed by atoms with van der Waals surface area (Å²) in [6.45, 7) is 7.76. The van der Waals surface area contributed by atoms with Crippen molar-refractivity contribution in [2.45, 2.75) is 20.8 Å². The van der Waals surface area contributed by atoms with Crippen LogP contribution in [-0.4, -0.2) is 57.8 Å². The Labute approximate surface area is 153 Å². The van der Waals surface area contributed by atoms with Crippen molar-refractivity contribution in [2.24, 2.45) is 0 Å². The van der Waals surface area contributed by atoms with Crippen molar-refractivity contribution in [3.05, 3.63) is 47.3 Å². The number of amides is 2. The zero-order chi connectivity index (χ0) is 18.7. The van der Waals surface area contributed by atoms with Crippen LogP contribution in [0, 0.1) is 13.8 Å². The summed E-state index contributed by atoms with van der Waals surface area (Å²) in [5, 5.41) is 3.19. The number of aromatic nitrogens is 2. The monoisotopic (exact) mass is 353 g/mol. The van der Waals surface area contributed by atoms with Crippen LogP contribution in [0.2, 0.25) is 0 Å². The smallest absolute Gasteiger partial charge is 0.272 e. The van der Waals surface area contributed by atoms with E-state index in [-0.39, 0.29) is 11.8 Å². The molecule has 7 nitrogen and oxygen atoms in total. The van der Waals surface area contributed by atoms with Crippen LogP contribution in [0.4, 0.5) is 11.6 Å². The van der Waals surface area contributed by atoms with Crippen molar-refractivity contribution < 1.29 is 9.59 Å². The van der Waals surface area contributed by atoms with Gasteiger partial charge in [0.1, 0.15) is 5.69 Å². The molecular formula is C19H23N5O2. The fraction of sp³-hybridized carbons (Fsp3) is 0.368. The third-order valence-electron chi connectivity index (χ3n) is 4.74. The van der Waals surface area contributed by atoms with E-state index in [1.165, 1.54) is 5.56 Å². The molecule has 1 N–H and O–H groups in total. The summed E-state index contributed by atoms with van der Waals surface area (Å²) < 4.78 is 0. The lowest BCUT2D eigenvalue weighted by atomic mass is 10.1. The molecule has 0 atom stereocenters. The number of piperazine rings is 1. The maximum absolute atomic E-state index is 12.7. The minimum absolute atomic E-state index is 0.0409. The quantitative estimate of drug-likeness (QED) is 0.915. The van der Waals surface area contributed by atoms with E-state index in [0.717, 1.165) is 11.3 Å². The normalized spacial score (nSPS) is 14.3. The van der Waals surface area contributed by atoms with Gasteiger partial charge in [0.2, 0.25) is 11.9 Å². The molecule has 0 bridgehead atoms. The summed E-state index contributed by atoms with van der Waals surface area (Å²) in [5.74, 6) is 0.297. The van der Waals surface area contributed by atoms with Crippen molar-refractivity contribution in [3.8, 4) is 0 Å². The number of aryl methyl sites for hydroxylation is 1. The van der Waals surface area contributed by atoms with Gasteiger partial charge in [-0.05, 0) is 37.1 Å². The third-order valence-corrected chi connectivity index (χ3v) is 4.74. The number of nitrogens with zero attached hydrogens (tertiary/aromatic N) is 4. The Morgan fingerprint density at radius 2 is 1.73 bits per heavy atom. The number of nitrogens with one attached hydrogen (secondary N) is 1. The number of anilines is 2. The van der Waals surface area contributed by atoms with Crippen molar-refractivity contribution in [3.63, 3.8) is 0 Å². The first-order valence-corrected chi connectivity index (χ1v) is 8.67. The Bertz CT molecular complexity index is 828. The second-order valence-corrected chi connectivity index (χ2v) is 6.44. The second kappa shape index (κ2) is 7.51. The average Bonchev–Trinajstić information content (AvgIpc) is 2.65. The Hall–Kier alpha value is -2.96. The SMILES string of the molecule is CC(=O)N1CCN(C(=O)c2ccnc(Nc3cccc(C)c3C)n2)CC1. The van der Waals surface area contributed by atoms with E-state index < -0.39 is 0 Å². The van der Waals surface area contributed by atoms with Crippen LogP contribution in [-0.2, 0) is 4.79 Å². The number of carbonyl (C=O) groups excluding carboxylic acids is 2. The van der Waals surface area contributed by atoms with Gasteiger partial charge < -0.3 is 15.1 Å². The summed E-state index contributed by atoms with van der Waals surface area (Å²) in [6, 6.07) is 7.59. The molecule has 1 fully saturated rings. The van der Waals surface area contributed by atoms with Crippen molar-refractivity contribution in [2.75, 3.05) is 31.5 Å². The van der Waals surface area contributed by atoms with Gasteiger partial charge in [-0.2, -0.15) is 0 Å². The van der Waals surface area contributed by atoms with Gasteiger partial charge in [0, 0.05) is 45.0 Å². The molecule has 2 aromatic rings. The predicted molar refractivity (Wildman–Crippen MR) is 99.4 cm³/mol. The number of hydrogen-bond acceptors (Lipinski definition) is 5. The van der Waals surface area contributed by atoms with E-state index in [9.17, 15) is 9.59 Å². The van der Waals surface area contributed by atoms with Gasteiger partial charge in [0.25, 0.3) is 5.91 Å². The molecule has 1 aromatic carbocycles. The van der Waals surface area contributed by atoms with E-state index >= 15 is 0 Å². The van der Waals surface area contributed by atoms with Crippen LogP contribution in [0.5, 0.6) is 0 Å². The largest absolute Gasteiger partial charge is 0.339 e. The molecule has 7 heteroatoms. The van der Waals surface area contributed by atoms with E-state index in [2.05, 4.69) is 15.3 Å². The van der Waals surface area contributed by atoms with Gasteiger partial charge >= 0.3 is 0 Å². The topological polar surface area (TPSA) is 78.4 Å². The highest BCUT2D eigenvalue weighted by molar-refractivity contribution is 5.92. The Balaban J connectivity index is 1.72. The van der Waals surface area contributed by atoms with Crippen LogP contribution in [0.15, 0.2) is 30.5 Å². The summed E-state index contributed by atoms with van der Waals surface area (Å²) in [7, 11) is 0. The van der Waals surface area contributed by atoms with Crippen LogP contribution in [0.3, 0.4) is 0 Å². The van der Waals surface area contributed by atoms with Crippen LogP contribution >= 0.6 is 0 Å². The molecule has 1 aromatic heterocycles. The Morgan fingerprint density at radius 1 is 1.04 bits per heavy atom. The molecule has 0 unspecified atom stereocenters. The highest BCUT2D eigenvalue weighted by Gasteiger charge is 2.24. The van der Waals surface area contributed by atoms with Crippen LogP contribution in [0.1, 0.15) is 28.5 Å². The second-order valence-electron chi connectivity index (χ2n) is 6.44. The fourth-order valence-corrected chi connectivity index (χ4v) is 2.93. The van der Waals surface area contributed by atoms with Gasteiger partial charge in [0.15, 0.2) is 0 Å². The molecular weight excluding hydrogens is 330 g/mol. The minimum Gasteiger partial charge on any atom is -0.339 e. The predicted octanol–water partition coefficient (Wildman–Crippen LogP) is 2.14. The molecule has 2 amide bonds. The molecule has 0 spiro atoms. The Kier molecular flexibility index (Phi) is 5.16. The van der Waals surface area contributed by atoms with Gasteiger partial charge in [-0.3, -0.25) is 9.59 Å². The fourth-order valence-electron chi connectivity index (χ4n) is 2.93. The van der Waals surface area contributed by atoms with Crippen molar-refractivity contribution in [1.82, 2.24) is 19.8 Å². The van der Waals surface area contributed by atoms with Gasteiger partial charge in [-0.15, -0.1) is 0 Å². The molecule has 0 aliphatic carbocycles. The lowest BCUT2D eigenvalue weighted by Gasteiger charge is -2.34. The molecule has 1 aliphatic rings. The Morgan fingerprint density at radius 3 is 2.42 bits per heavy atom. The minimum atomic E-state index is -0.139. The maximum atomic E-state index is 12.7. The van der Waals surface area contributed by atoms with Crippen molar-refractivity contribution >= 4 is 23.5 Å². The highest BCUT2D eigenvalue weighted by Crippen LogP contribution is 2.21. The molecule has 2 heterocycles. The van der Waals surface area contributed by atoms with E-state index in [1.807, 2.05) is 32.0 Å². The van der Waals surface area contributed by atoms with Gasteiger partial charge in [0.05, 0.1) is 0 Å². The van der Waals surface area contributed by atoms with Crippen molar-refractivity contribution in [1.29, 1.82) is 0 Å². The average molecular weight is 353 g/mol. The number of benzene rings is 1. The lowest BCUT2D eigenvalue weighted by molar-refractivity contribution is -0.130. The first-order chi connectivity index (χ1) is 12.5. The lowest BCUT2D eigenvalue weighted by Crippen LogP contribution is -2.50. The van der Waals surface area contributed by atoms with E-state index in [1.54, 1.807) is 29.0 Å². The first kappa shape index (κ1) is 17.8. The molecule has 1 saturated heterocycles. The zero-order valence-corrected chi connectivity index (χ0v) is 15.3. The first-order valence-electron chi connectivity index (χ1n) is 8.67. The summed E-state index contributed by atoms with van der Waals surface area (Å²) in [4.78, 5) is 36.2. The molecule has 26 heavy (non-hydrogen) atoms. The molecule has 3 rings (SSSR count). The summed E-state index contributed by atoms with van der Waals surface area (Å²) in [5.41, 5.74) is 3.56. The zero-order valence-electron chi connectivity index (χ0n) is 15.3.